The average molecular weight is 555 g/mol. The first kappa shape index (κ1) is 28.1. The van der Waals surface area contributed by atoms with Gasteiger partial charge in [-0.1, -0.05) is 17.5 Å². The van der Waals surface area contributed by atoms with Crippen LogP contribution in [-0.2, 0) is 31.6 Å². The number of aromatic amines is 1. The maximum absolute atomic E-state index is 12.3. The Morgan fingerprint density at radius 3 is 2.33 bits per heavy atom. The number of terminal acetylenes is 1. The molecule has 33 heavy (non-hydrogen) atoms. The molecule has 2 rings (SSSR count). The molecule has 0 aliphatic carbocycles. The van der Waals surface area contributed by atoms with Crippen molar-refractivity contribution in [1.82, 2.24) is 9.55 Å². The van der Waals surface area contributed by atoms with Crippen molar-refractivity contribution in [3.05, 3.63) is 32.6 Å². The number of aryl methyl sites for hydroxylation is 1. The molecule has 20 heteroatoms. The standard InChI is InChI=1S/C13H18ClN2O14P3/c1-3-13(14)8(5-17)9(28-11(13)16-7(2)4-10(18)15-12(16)19)6-27-32(23,24)30-33(25,26)29-31(20,21)22/h1,4,8-9,11,17H,5-6H2,2H3,(H,23,24)(H,25,26)(H,15,18,19)(H2,20,21,22)/t8?,9-,11-,13?/m1/s1. The molecule has 1 saturated heterocycles. The van der Waals surface area contributed by atoms with Gasteiger partial charge >= 0.3 is 29.2 Å². The number of H-pyrrole nitrogens is 1. The predicted molar refractivity (Wildman–Crippen MR) is 108 cm³/mol. The molecule has 16 nitrogen and oxygen atoms in total. The molecule has 0 bridgehead atoms. The number of halogens is 1. The minimum Gasteiger partial charge on any atom is -0.396 e. The number of rotatable bonds is 9. The van der Waals surface area contributed by atoms with E-state index in [1.54, 1.807) is 0 Å². The van der Waals surface area contributed by atoms with E-state index < -0.39 is 71.1 Å². The molecule has 1 aliphatic rings. The van der Waals surface area contributed by atoms with Crippen LogP contribution in [0.5, 0.6) is 0 Å². The van der Waals surface area contributed by atoms with Crippen LogP contribution in [0.25, 0.3) is 0 Å². The van der Waals surface area contributed by atoms with Gasteiger partial charge in [-0.3, -0.25) is 18.9 Å². The first-order valence-corrected chi connectivity index (χ1v) is 13.4. The van der Waals surface area contributed by atoms with Gasteiger partial charge in [-0.05, 0) is 6.92 Å². The van der Waals surface area contributed by atoms with Gasteiger partial charge in [0.1, 0.15) is 0 Å². The third-order valence-corrected chi connectivity index (χ3v) is 8.67. The van der Waals surface area contributed by atoms with Crippen LogP contribution in [0.3, 0.4) is 0 Å². The molecule has 0 spiro atoms. The third kappa shape index (κ3) is 6.72. The fourth-order valence-electron chi connectivity index (χ4n) is 3.03. The monoisotopic (exact) mass is 554 g/mol. The normalized spacial score (nSPS) is 29.2. The molecule has 1 aromatic rings. The molecule has 0 radical (unpaired) electrons. The third-order valence-electron chi connectivity index (χ3n) is 4.29. The van der Waals surface area contributed by atoms with Crippen molar-refractivity contribution < 1.29 is 56.3 Å². The maximum Gasteiger partial charge on any atom is 0.490 e. The summed E-state index contributed by atoms with van der Waals surface area (Å²) in [5, 5.41) is 9.78. The molecule has 0 aromatic carbocycles. The molecule has 6 atom stereocenters. The first-order valence-electron chi connectivity index (χ1n) is 8.48. The predicted octanol–water partition coefficient (Wildman–Crippen LogP) is -0.695. The molecule has 0 amide bonds. The fourth-order valence-corrected chi connectivity index (χ4v) is 6.42. The Morgan fingerprint density at radius 1 is 1.24 bits per heavy atom. The van der Waals surface area contributed by atoms with Gasteiger partial charge in [0.15, 0.2) is 11.1 Å². The molecular weight excluding hydrogens is 537 g/mol. The molecule has 0 saturated carbocycles. The molecule has 2 heterocycles. The van der Waals surface area contributed by atoms with Gasteiger partial charge in [-0.15, -0.1) is 6.42 Å². The number of alkyl halides is 1. The van der Waals surface area contributed by atoms with E-state index in [1.807, 2.05) is 4.98 Å². The Balaban J connectivity index is 2.30. The van der Waals surface area contributed by atoms with Gasteiger partial charge < -0.3 is 29.4 Å². The largest absolute Gasteiger partial charge is 0.490 e. The van der Waals surface area contributed by atoms with Crippen LogP contribution in [0.4, 0.5) is 0 Å². The summed E-state index contributed by atoms with van der Waals surface area (Å²) in [5.41, 5.74) is -1.62. The van der Waals surface area contributed by atoms with E-state index >= 15 is 0 Å². The van der Waals surface area contributed by atoms with Crippen molar-refractivity contribution in [2.75, 3.05) is 13.2 Å². The van der Waals surface area contributed by atoms with E-state index in [2.05, 4.69) is 19.1 Å². The van der Waals surface area contributed by atoms with Gasteiger partial charge in [0.2, 0.25) is 0 Å². The van der Waals surface area contributed by atoms with Crippen LogP contribution in [0.2, 0.25) is 0 Å². The van der Waals surface area contributed by atoms with Crippen LogP contribution in [0, 0.1) is 25.2 Å². The van der Waals surface area contributed by atoms with E-state index in [1.165, 1.54) is 6.92 Å². The Morgan fingerprint density at radius 2 is 1.85 bits per heavy atom. The number of hydrogen-bond acceptors (Lipinski definition) is 10. The highest BCUT2D eigenvalue weighted by Crippen LogP contribution is 2.66. The Labute approximate surface area is 189 Å². The number of nitrogens with zero attached hydrogens (tertiary/aromatic N) is 1. The van der Waals surface area contributed by atoms with Crippen molar-refractivity contribution in [3.63, 3.8) is 0 Å². The van der Waals surface area contributed by atoms with E-state index in [0.717, 1.165) is 10.6 Å². The van der Waals surface area contributed by atoms with Crippen molar-refractivity contribution in [3.8, 4) is 12.3 Å². The second-order valence-electron chi connectivity index (χ2n) is 6.57. The highest BCUT2D eigenvalue weighted by Gasteiger charge is 2.57. The molecule has 1 fully saturated rings. The minimum atomic E-state index is -5.76. The van der Waals surface area contributed by atoms with Gasteiger partial charge in [0.25, 0.3) is 5.56 Å². The van der Waals surface area contributed by atoms with Gasteiger partial charge in [-0.2, -0.15) is 8.62 Å². The Kier molecular flexibility index (Phi) is 8.39. The van der Waals surface area contributed by atoms with E-state index in [0.29, 0.717) is 0 Å². The summed E-state index contributed by atoms with van der Waals surface area (Å²) in [6.07, 6.45) is 2.55. The molecule has 6 N–H and O–H groups in total. The zero-order valence-electron chi connectivity index (χ0n) is 16.4. The van der Waals surface area contributed by atoms with Gasteiger partial charge in [0.05, 0.1) is 19.3 Å². The maximum atomic E-state index is 12.3. The van der Waals surface area contributed by atoms with E-state index in [4.69, 9.17) is 32.5 Å². The summed E-state index contributed by atoms with van der Waals surface area (Å²) in [7, 11) is -16.9. The zero-order valence-corrected chi connectivity index (χ0v) is 19.8. The summed E-state index contributed by atoms with van der Waals surface area (Å²) >= 11 is 6.45. The minimum absolute atomic E-state index is 0.0688. The van der Waals surface area contributed by atoms with Crippen LogP contribution in [0.1, 0.15) is 11.9 Å². The molecule has 4 unspecified atom stereocenters. The van der Waals surface area contributed by atoms with Crippen LogP contribution < -0.4 is 11.2 Å². The Bertz CT molecular complexity index is 1200. The Hall–Kier alpha value is -1.14. The second kappa shape index (κ2) is 9.85. The van der Waals surface area contributed by atoms with E-state index in [9.17, 15) is 38.2 Å². The second-order valence-corrected chi connectivity index (χ2v) is 11.6. The number of phosphoric acid groups is 3. The van der Waals surface area contributed by atoms with Crippen molar-refractivity contribution >= 4 is 35.1 Å². The summed E-state index contributed by atoms with van der Waals surface area (Å²) in [6.45, 7) is -0.397. The number of hydrogen-bond donors (Lipinski definition) is 6. The lowest BCUT2D eigenvalue weighted by molar-refractivity contribution is -0.0382. The highest BCUT2D eigenvalue weighted by molar-refractivity contribution is 7.66. The summed E-state index contributed by atoms with van der Waals surface area (Å²) in [6, 6.07) is 1.03. The summed E-state index contributed by atoms with van der Waals surface area (Å²) < 4.78 is 52.2. The topological polar surface area (TPSA) is 244 Å². The average Bonchev–Trinajstić information content (AvgIpc) is 2.88. The van der Waals surface area contributed by atoms with E-state index in [-0.39, 0.29) is 5.69 Å². The number of phosphoric ester groups is 1. The lowest BCUT2D eigenvalue weighted by Gasteiger charge is -2.28. The van der Waals surface area contributed by atoms with Crippen molar-refractivity contribution in [2.45, 2.75) is 24.1 Å². The van der Waals surface area contributed by atoms with Crippen molar-refractivity contribution in [1.29, 1.82) is 0 Å². The van der Waals surface area contributed by atoms with Gasteiger partial charge in [-0.25, -0.2) is 18.5 Å². The fraction of sp³-hybridized carbons (Fsp3) is 0.538. The lowest BCUT2D eigenvalue weighted by atomic mass is 9.89. The quantitative estimate of drug-likeness (QED) is 0.126. The number of aliphatic hydroxyl groups is 1. The molecule has 1 aliphatic heterocycles. The summed E-state index contributed by atoms with van der Waals surface area (Å²) in [4.78, 5) is 59.7. The SMILES string of the molecule is C#CC1(Cl)C(CO)[C@@H](COP(=O)(O)OP(=O)(O)OP(=O)(O)O)O[C@H]1n1c(C)cc(=O)[nH]c1=O. The van der Waals surface area contributed by atoms with Crippen LogP contribution >= 0.6 is 35.1 Å². The number of nitrogens with one attached hydrogen (secondary N) is 1. The summed E-state index contributed by atoms with van der Waals surface area (Å²) in [5.74, 6) is 0.919. The first-order chi connectivity index (χ1) is 14.9. The molecular formula is C13H18ClN2O14P3. The number of aromatic nitrogens is 2. The number of aliphatic hydroxyl groups excluding tert-OH is 1. The lowest BCUT2D eigenvalue weighted by Crippen LogP contribution is -2.43. The number of ether oxygens (including phenoxy) is 1. The van der Waals surface area contributed by atoms with Crippen molar-refractivity contribution in [2.24, 2.45) is 5.92 Å². The van der Waals surface area contributed by atoms with Crippen LogP contribution in [0.15, 0.2) is 15.7 Å². The molecule has 1 aromatic heterocycles. The smallest absolute Gasteiger partial charge is 0.396 e. The highest BCUT2D eigenvalue weighted by atomic mass is 35.5. The van der Waals surface area contributed by atoms with Gasteiger partial charge in [0, 0.05) is 17.7 Å². The zero-order chi connectivity index (χ0) is 25.4. The van der Waals surface area contributed by atoms with Crippen LogP contribution in [-0.4, -0.2) is 58.4 Å². The molecule has 186 valence electrons.